The molecule has 2 atom stereocenters. The predicted octanol–water partition coefficient (Wildman–Crippen LogP) is 5.35. The molecule has 0 aromatic heterocycles. The lowest BCUT2D eigenvalue weighted by atomic mass is 10.00. The van der Waals surface area contributed by atoms with Crippen molar-refractivity contribution in [1.29, 1.82) is 0 Å². The van der Waals surface area contributed by atoms with Crippen molar-refractivity contribution in [2.45, 2.75) is 51.4 Å². The van der Waals surface area contributed by atoms with E-state index in [4.69, 9.17) is 38.0 Å². The molecule has 0 bridgehead atoms. The number of amides is 1. The molecule has 0 radical (unpaired) electrons. The molecule has 52 heavy (non-hydrogen) atoms. The van der Waals surface area contributed by atoms with Crippen molar-refractivity contribution in [2.75, 3.05) is 48.3 Å². The molecule has 1 aliphatic rings. The second kappa shape index (κ2) is 17.7. The van der Waals surface area contributed by atoms with Gasteiger partial charge >= 0.3 is 12.1 Å². The Morgan fingerprint density at radius 3 is 2.08 bits per heavy atom. The fraction of sp³-hybridized carbons (Fsp3) is 0.405. The van der Waals surface area contributed by atoms with E-state index < -0.39 is 47.4 Å². The third-order valence-electron chi connectivity index (χ3n) is 7.76. The van der Waals surface area contributed by atoms with Gasteiger partial charge in [0, 0.05) is 30.8 Å². The van der Waals surface area contributed by atoms with Gasteiger partial charge in [-0.1, -0.05) is 12.1 Å². The molecule has 1 aliphatic heterocycles. The lowest BCUT2D eigenvalue weighted by Gasteiger charge is -2.29. The molecule has 1 amide bonds. The Balaban J connectivity index is 1.56. The number of carbonyl (C=O) groups is 4. The summed E-state index contributed by atoms with van der Waals surface area (Å²) in [4.78, 5) is 58.4. The Morgan fingerprint density at radius 1 is 0.846 bits per heavy atom. The van der Waals surface area contributed by atoms with E-state index in [9.17, 15) is 19.2 Å². The smallest absolute Gasteiger partial charge is 0.497 e. The van der Waals surface area contributed by atoms with Crippen LogP contribution >= 0.6 is 0 Å². The summed E-state index contributed by atoms with van der Waals surface area (Å²) >= 11 is 0. The molecule has 1 fully saturated rings. The van der Waals surface area contributed by atoms with Crippen LogP contribution in [0.3, 0.4) is 0 Å². The van der Waals surface area contributed by atoms with Crippen molar-refractivity contribution in [3.8, 4) is 23.0 Å². The number of esters is 1. The van der Waals surface area contributed by atoms with Gasteiger partial charge in [-0.25, -0.2) is 14.0 Å². The fourth-order valence-electron chi connectivity index (χ4n) is 5.28. The molecule has 0 spiro atoms. The lowest BCUT2D eigenvalue weighted by molar-refractivity contribution is -0.144. The monoisotopic (exact) mass is 726 g/mol. The SMILES string of the molecule is COCOc1ccc(OC)c(F)c1C(=O)c1ccc(C(=O)O[C@@H]2CCCN(OC(=O)OC(C)(C)C)C[C@H]2NC(=O)c2cc(OC)cc(OC)c2)cc1. The van der Waals surface area contributed by atoms with Crippen LogP contribution in [0.4, 0.5) is 9.18 Å². The average Bonchev–Trinajstić information content (AvgIpc) is 3.29. The zero-order chi connectivity index (χ0) is 38.0. The summed E-state index contributed by atoms with van der Waals surface area (Å²) in [6.45, 7) is 5.10. The topological polar surface area (TPSA) is 157 Å². The molecule has 280 valence electrons. The van der Waals surface area contributed by atoms with Gasteiger partial charge in [-0.2, -0.15) is 0 Å². The Morgan fingerprint density at radius 2 is 1.48 bits per heavy atom. The van der Waals surface area contributed by atoms with Crippen molar-refractivity contribution in [1.82, 2.24) is 10.4 Å². The highest BCUT2D eigenvalue weighted by atomic mass is 19.1. The van der Waals surface area contributed by atoms with Crippen molar-refractivity contribution in [3.05, 3.63) is 82.7 Å². The molecule has 3 aromatic carbocycles. The summed E-state index contributed by atoms with van der Waals surface area (Å²) in [6.07, 6.45) is -1.08. The van der Waals surface area contributed by atoms with Crippen LogP contribution < -0.4 is 24.3 Å². The van der Waals surface area contributed by atoms with Crippen LogP contribution in [-0.2, 0) is 19.0 Å². The number of benzene rings is 3. The first kappa shape index (κ1) is 39.4. The molecule has 0 aliphatic carbocycles. The van der Waals surface area contributed by atoms with Crippen molar-refractivity contribution < 1.29 is 61.6 Å². The third kappa shape index (κ3) is 10.3. The van der Waals surface area contributed by atoms with Crippen LogP contribution in [0.1, 0.15) is 70.3 Å². The fourth-order valence-corrected chi connectivity index (χ4v) is 5.28. The summed E-state index contributed by atoms with van der Waals surface area (Å²) in [5, 5.41) is 4.25. The van der Waals surface area contributed by atoms with Gasteiger partial charge in [-0.15, -0.1) is 5.06 Å². The van der Waals surface area contributed by atoms with E-state index >= 15 is 4.39 Å². The van der Waals surface area contributed by atoms with Crippen LogP contribution in [0, 0.1) is 5.82 Å². The summed E-state index contributed by atoms with van der Waals surface area (Å²) in [5.74, 6) is -2.33. The van der Waals surface area contributed by atoms with Gasteiger partial charge in [0.2, 0.25) is 0 Å². The van der Waals surface area contributed by atoms with E-state index in [-0.39, 0.29) is 53.6 Å². The first-order chi connectivity index (χ1) is 24.8. The number of ether oxygens (including phenoxy) is 7. The summed E-state index contributed by atoms with van der Waals surface area (Å²) in [6, 6.07) is 12.0. The van der Waals surface area contributed by atoms with Crippen LogP contribution in [0.15, 0.2) is 54.6 Å². The molecular formula is C37H43FN2O12. The molecule has 4 rings (SSSR count). The van der Waals surface area contributed by atoms with Gasteiger partial charge in [-0.3, -0.25) is 9.59 Å². The molecule has 14 nitrogen and oxygen atoms in total. The number of ketones is 1. The minimum Gasteiger partial charge on any atom is -0.497 e. The number of hydroxylamine groups is 2. The van der Waals surface area contributed by atoms with Gasteiger partial charge in [0.1, 0.15) is 34.5 Å². The Bertz CT molecular complexity index is 1720. The first-order valence-corrected chi connectivity index (χ1v) is 16.3. The van der Waals surface area contributed by atoms with E-state index in [1.165, 1.54) is 82.0 Å². The van der Waals surface area contributed by atoms with Gasteiger partial charge in [0.25, 0.3) is 5.91 Å². The zero-order valence-corrected chi connectivity index (χ0v) is 30.1. The average molecular weight is 727 g/mol. The quantitative estimate of drug-likeness (QED) is 0.137. The Kier molecular flexibility index (Phi) is 13.4. The number of hydrogen-bond acceptors (Lipinski definition) is 13. The number of methoxy groups -OCH3 is 4. The van der Waals surface area contributed by atoms with E-state index in [1.54, 1.807) is 26.8 Å². The maximum absolute atomic E-state index is 15.3. The molecule has 1 N–H and O–H groups in total. The van der Waals surface area contributed by atoms with Gasteiger partial charge in [-0.05, 0) is 70.0 Å². The molecule has 0 unspecified atom stereocenters. The largest absolute Gasteiger partial charge is 0.528 e. The highest BCUT2D eigenvalue weighted by Crippen LogP contribution is 2.31. The highest BCUT2D eigenvalue weighted by molar-refractivity contribution is 6.11. The minimum atomic E-state index is -0.925. The molecule has 1 saturated heterocycles. The number of rotatable bonds is 13. The number of nitrogens with zero attached hydrogens (tertiary/aromatic N) is 1. The standard InChI is InChI=1S/C37H43FN2O12/c1-37(2,3)51-36(44)52-40-16-8-9-28(27(20-40)39-34(42)24-17-25(46-5)19-26(18-24)47-6)50-35(43)23-12-10-22(11-13-23)33(41)31-29(49-21-45-4)14-15-30(48-7)32(31)38/h10-15,17-19,27-28H,8-9,16,20-21H2,1-7H3,(H,39,42)/t27-,28-/m1/s1. The third-order valence-corrected chi connectivity index (χ3v) is 7.76. The summed E-state index contributed by atoms with van der Waals surface area (Å²) in [5.41, 5.74) is -0.798. The van der Waals surface area contributed by atoms with Crippen molar-refractivity contribution >= 4 is 23.8 Å². The normalized spacial score (nSPS) is 16.2. The van der Waals surface area contributed by atoms with Crippen LogP contribution in [0.2, 0.25) is 0 Å². The van der Waals surface area contributed by atoms with Crippen molar-refractivity contribution in [2.24, 2.45) is 0 Å². The van der Waals surface area contributed by atoms with Crippen molar-refractivity contribution in [3.63, 3.8) is 0 Å². The zero-order valence-electron chi connectivity index (χ0n) is 30.1. The molecule has 15 heteroatoms. The van der Waals surface area contributed by atoms with Crippen LogP contribution in [0.25, 0.3) is 0 Å². The molecular weight excluding hydrogens is 683 g/mol. The van der Waals surface area contributed by atoms with Crippen LogP contribution in [0.5, 0.6) is 23.0 Å². The Hall–Kier alpha value is -5.41. The molecule has 1 heterocycles. The number of carbonyl (C=O) groups excluding carboxylic acids is 4. The highest BCUT2D eigenvalue weighted by Gasteiger charge is 2.34. The summed E-state index contributed by atoms with van der Waals surface area (Å²) in [7, 11) is 5.57. The lowest BCUT2D eigenvalue weighted by Crippen LogP contribution is -2.50. The predicted molar refractivity (Wildman–Crippen MR) is 183 cm³/mol. The van der Waals surface area contributed by atoms with Gasteiger partial charge < -0.3 is 43.3 Å². The second-order valence-corrected chi connectivity index (χ2v) is 12.6. The molecule has 0 saturated carbocycles. The molecule has 3 aromatic rings. The van der Waals surface area contributed by atoms with E-state index in [2.05, 4.69) is 5.32 Å². The maximum Gasteiger partial charge on any atom is 0.528 e. The number of halogens is 1. The second-order valence-electron chi connectivity index (χ2n) is 12.6. The van der Waals surface area contributed by atoms with Crippen LogP contribution in [-0.4, -0.2) is 94.9 Å². The van der Waals surface area contributed by atoms with Gasteiger partial charge in [0.05, 0.1) is 39.5 Å². The van der Waals surface area contributed by atoms with Gasteiger partial charge in [0.15, 0.2) is 24.1 Å². The number of nitrogens with one attached hydrogen (secondary N) is 1. The number of hydrogen-bond donors (Lipinski definition) is 1. The van der Waals surface area contributed by atoms with E-state index in [0.717, 1.165) is 0 Å². The van der Waals surface area contributed by atoms with E-state index in [1.807, 2.05) is 0 Å². The Labute approximate surface area is 300 Å². The van der Waals surface area contributed by atoms with E-state index in [0.29, 0.717) is 24.3 Å². The summed E-state index contributed by atoms with van der Waals surface area (Å²) < 4.78 is 52.4. The first-order valence-electron chi connectivity index (χ1n) is 16.3. The maximum atomic E-state index is 15.3. The minimum absolute atomic E-state index is 0.0446.